The number of hydrogen-bond acceptors (Lipinski definition) is 4. The molecule has 0 radical (unpaired) electrons. The molecule has 2 aromatic rings. The number of likely N-dealkylation sites (N-methyl/N-ethyl adjacent to an activating group) is 1. The van der Waals surface area contributed by atoms with Crippen LogP contribution in [0, 0.1) is 5.92 Å². The fraction of sp³-hybridized carbons (Fsp3) is 0.500. The predicted octanol–water partition coefficient (Wildman–Crippen LogP) is 1.96. The lowest BCUT2D eigenvalue weighted by Gasteiger charge is -2.25. The maximum Gasteiger partial charge on any atom is 0.230 e. The quantitative estimate of drug-likeness (QED) is 0.884. The van der Waals surface area contributed by atoms with E-state index in [1.165, 1.54) is 0 Å². The van der Waals surface area contributed by atoms with E-state index in [0.717, 1.165) is 18.4 Å². The third-order valence-corrected chi connectivity index (χ3v) is 4.24. The number of carbonyl (C=O) groups is 1. The van der Waals surface area contributed by atoms with E-state index in [1.54, 1.807) is 4.90 Å². The first-order valence-electron chi connectivity index (χ1n) is 7.70. The van der Waals surface area contributed by atoms with Gasteiger partial charge in [0.1, 0.15) is 0 Å². The van der Waals surface area contributed by atoms with Gasteiger partial charge in [0.15, 0.2) is 5.82 Å². The Kier molecular flexibility index (Phi) is 4.18. The summed E-state index contributed by atoms with van der Waals surface area (Å²) in [4.78, 5) is 14.7. The van der Waals surface area contributed by atoms with Gasteiger partial charge in [-0.2, -0.15) is 5.21 Å². The van der Waals surface area contributed by atoms with Gasteiger partial charge in [-0.15, -0.1) is 10.2 Å². The summed E-state index contributed by atoms with van der Waals surface area (Å²) in [5.41, 5.74) is 1.12. The molecule has 6 heteroatoms. The summed E-state index contributed by atoms with van der Waals surface area (Å²) in [5.74, 6) is 1.34. The molecule has 2 atom stereocenters. The molecule has 1 aromatic heterocycles. The molecule has 1 aliphatic carbocycles. The molecule has 0 spiro atoms. The molecule has 3 rings (SSSR count). The first-order valence-corrected chi connectivity index (χ1v) is 7.70. The molecule has 22 heavy (non-hydrogen) atoms. The Balaban J connectivity index is 1.70. The summed E-state index contributed by atoms with van der Waals surface area (Å²) >= 11 is 0. The molecule has 0 saturated heterocycles. The Labute approximate surface area is 129 Å². The van der Waals surface area contributed by atoms with Crippen molar-refractivity contribution in [3.63, 3.8) is 0 Å². The number of nitrogens with one attached hydrogen (secondary N) is 1. The average molecular weight is 299 g/mol. The zero-order valence-corrected chi connectivity index (χ0v) is 12.9. The van der Waals surface area contributed by atoms with Crippen molar-refractivity contribution in [2.24, 2.45) is 5.92 Å². The van der Waals surface area contributed by atoms with Crippen LogP contribution in [-0.2, 0) is 4.79 Å². The van der Waals surface area contributed by atoms with E-state index in [9.17, 15) is 4.79 Å². The van der Waals surface area contributed by atoms with Crippen molar-refractivity contribution >= 4 is 5.91 Å². The van der Waals surface area contributed by atoms with E-state index in [0.29, 0.717) is 18.3 Å². The van der Waals surface area contributed by atoms with Gasteiger partial charge in [-0.3, -0.25) is 4.79 Å². The van der Waals surface area contributed by atoms with Crippen LogP contribution in [0.4, 0.5) is 0 Å². The summed E-state index contributed by atoms with van der Waals surface area (Å²) in [5, 5.41) is 14.0. The fourth-order valence-corrected chi connectivity index (χ4v) is 2.90. The maximum absolute atomic E-state index is 12.9. The van der Waals surface area contributed by atoms with Gasteiger partial charge in [-0.1, -0.05) is 42.5 Å². The van der Waals surface area contributed by atoms with E-state index in [1.807, 2.05) is 32.2 Å². The lowest BCUT2D eigenvalue weighted by molar-refractivity contribution is -0.132. The number of aromatic amines is 1. The molecule has 116 valence electrons. The molecule has 2 unspecified atom stereocenters. The summed E-state index contributed by atoms with van der Waals surface area (Å²) in [6.07, 6.45) is 2.28. The monoisotopic (exact) mass is 299 g/mol. The van der Waals surface area contributed by atoms with Crippen LogP contribution >= 0.6 is 0 Å². The first-order chi connectivity index (χ1) is 10.7. The molecule has 1 aliphatic rings. The zero-order valence-electron chi connectivity index (χ0n) is 12.9. The minimum absolute atomic E-state index is 0.0244. The molecule has 6 nitrogen and oxygen atoms in total. The standard InChI is InChI=1S/C16H21N5O/c1-11(15-17-19-20-18-15)10-21(2)16(22)14(13-8-9-13)12-6-4-3-5-7-12/h3-7,11,13-14H,8-10H2,1-2H3,(H,17,18,19,20). The number of rotatable bonds is 6. The molecule has 1 aromatic carbocycles. The number of H-pyrrole nitrogens is 1. The van der Waals surface area contributed by atoms with Gasteiger partial charge in [0.05, 0.1) is 5.92 Å². The molecule has 1 fully saturated rings. The average Bonchev–Trinajstić information content (AvgIpc) is 3.20. The molecule has 1 saturated carbocycles. The van der Waals surface area contributed by atoms with Crippen LogP contribution in [0.2, 0.25) is 0 Å². The van der Waals surface area contributed by atoms with Crippen LogP contribution < -0.4 is 0 Å². The molecule has 0 bridgehead atoms. The highest BCUT2D eigenvalue weighted by atomic mass is 16.2. The van der Waals surface area contributed by atoms with Crippen molar-refractivity contribution in [3.8, 4) is 0 Å². The Morgan fingerprint density at radius 2 is 2.09 bits per heavy atom. The summed E-state index contributed by atoms with van der Waals surface area (Å²) < 4.78 is 0. The topological polar surface area (TPSA) is 74.8 Å². The molecule has 1 N–H and O–H groups in total. The van der Waals surface area contributed by atoms with Crippen molar-refractivity contribution < 1.29 is 4.79 Å². The second kappa shape index (κ2) is 6.25. The molecule has 1 heterocycles. The van der Waals surface area contributed by atoms with Crippen molar-refractivity contribution in [2.45, 2.75) is 31.6 Å². The predicted molar refractivity (Wildman–Crippen MR) is 82.1 cm³/mol. The normalized spacial score (nSPS) is 17.0. The number of aromatic nitrogens is 4. The molecule has 0 aliphatic heterocycles. The third kappa shape index (κ3) is 3.16. The summed E-state index contributed by atoms with van der Waals surface area (Å²) in [6.45, 7) is 2.59. The van der Waals surface area contributed by atoms with Crippen LogP contribution in [-0.4, -0.2) is 45.0 Å². The number of tetrazole rings is 1. The van der Waals surface area contributed by atoms with Crippen LogP contribution in [0.5, 0.6) is 0 Å². The van der Waals surface area contributed by atoms with Crippen LogP contribution in [0.15, 0.2) is 30.3 Å². The van der Waals surface area contributed by atoms with Crippen molar-refractivity contribution in [2.75, 3.05) is 13.6 Å². The Hall–Kier alpha value is -2.24. The number of benzene rings is 1. The highest BCUT2D eigenvalue weighted by Gasteiger charge is 2.38. The van der Waals surface area contributed by atoms with E-state index in [2.05, 4.69) is 32.8 Å². The van der Waals surface area contributed by atoms with Gasteiger partial charge in [0.2, 0.25) is 5.91 Å². The third-order valence-electron chi connectivity index (χ3n) is 4.24. The largest absolute Gasteiger partial charge is 0.344 e. The molecular weight excluding hydrogens is 278 g/mol. The lowest BCUT2D eigenvalue weighted by atomic mass is 9.92. The van der Waals surface area contributed by atoms with Crippen molar-refractivity contribution in [3.05, 3.63) is 41.7 Å². The number of hydrogen-bond donors (Lipinski definition) is 1. The Morgan fingerprint density at radius 3 is 2.68 bits per heavy atom. The maximum atomic E-state index is 12.9. The van der Waals surface area contributed by atoms with E-state index in [-0.39, 0.29) is 17.7 Å². The van der Waals surface area contributed by atoms with Crippen molar-refractivity contribution in [1.29, 1.82) is 0 Å². The summed E-state index contributed by atoms with van der Waals surface area (Å²) in [7, 11) is 1.86. The highest BCUT2D eigenvalue weighted by Crippen LogP contribution is 2.43. The van der Waals surface area contributed by atoms with Gasteiger partial charge in [0, 0.05) is 19.5 Å². The number of carbonyl (C=O) groups excluding carboxylic acids is 1. The van der Waals surface area contributed by atoms with Gasteiger partial charge < -0.3 is 4.90 Å². The van der Waals surface area contributed by atoms with E-state index < -0.39 is 0 Å². The minimum Gasteiger partial charge on any atom is -0.344 e. The van der Waals surface area contributed by atoms with Gasteiger partial charge >= 0.3 is 0 Å². The summed E-state index contributed by atoms with van der Waals surface area (Å²) in [6, 6.07) is 10.1. The Morgan fingerprint density at radius 1 is 1.36 bits per heavy atom. The van der Waals surface area contributed by atoms with Crippen LogP contribution in [0.25, 0.3) is 0 Å². The molecular formula is C16H21N5O. The first kappa shape index (κ1) is 14.7. The fourth-order valence-electron chi connectivity index (χ4n) is 2.90. The minimum atomic E-state index is -0.0244. The second-order valence-electron chi connectivity index (χ2n) is 6.12. The SMILES string of the molecule is CC(CN(C)C(=O)C(c1ccccc1)C1CC1)c1nn[nH]n1. The Bertz CT molecular complexity index is 609. The van der Waals surface area contributed by atoms with Crippen LogP contribution in [0.1, 0.15) is 43.0 Å². The zero-order chi connectivity index (χ0) is 15.5. The van der Waals surface area contributed by atoms with Gasteiger partial charge in [-0.25, -0.2) is 0 Å². The van der Waals surface area contributed by atoms with E-state index >= 15 is 0 Å². The molecule has 1 amide bonds. The van der Waals surface area contributed by atoms with Gasteiger partial charge in [0.25, 0.3) is 0 Å². The lowest BCUT2D eigenvalue weighted by Crippen LogP contribution is -2.35. The number of amides is 1. The smallest absolute Gasteiger partial charge is 0.230 e. The van der Waals surface area contributed by atoms with Gasteiger partial charge in [-0.05, 0) is 24.3 Å². The van der Waals surface area contributed by atoms with Crippen LogP contribution in [0.3, 0.4) is 0 Å². The highest BCUT2D eigenvalue weighted by molar-refractivity contribution is 5.84. The van der Waals surface area contributed by atoms with E-state index in [4.69, 9.17) is 0 Å². The number of nitrogens with zero attached hydrogens (tertiary/aromatic N) is 4. The second-order valence-corrected chi connectivity index (χ2v) is 6.12. The van der Waals surface area contributed by atoms with Crippen molar-refractivity contribution in [1.82, 2.24) is 25.5 Å².